The second-order valence-electron chi connectivity index (χ2n) is 5.15. The third-order valence-corrected chi connectivity index (χ3v) is 5.35. The van der Waals surface area contributed by atoms with Crippen molar-refractivity contribution in [3.8, 4) is 0 Å². The van der Waals surface area contributed by atoms with Crippen molar-refractivity contribution in [2.75, 3.05) is 25.6 Å². The van der Waals surface area contributed by atoms with E-state index >= 15 is 0 Å². The SMILES string of the molecule is CCN(C(=O)c1cccc(S(=O)(=O)N(C)OC)c1)c1ccc(F)cc1. The lowest BCUT2D eigenvalue weighted by Crippen LogP contribution is -2.31. The number of carbonyl (C=O) groups excluding carboxylic acids is 1. The normalized spacial score (nSPS) is 11.6. The Bertz CT molecular complexity index is 853. The fourth-order valence-corrected chi connectivity index (χ4v) is 3.28. The number of rotatable bonds is 6. The van der Waals surface area contributed by atoms with Gasteiger partial charge in [-0.1, -0.05) is 10.5 Å². The summed E-state index contributed by atoms with van der Waals surface area (Å²) in [5.74, 6) is -0.783. The third kappa shape index (κ3) is 4.04. The minimum Gasteiger partial charge on any atom is -0.309 e. The zero-order valence-corrected chi connectivity index (χ0v) is 15.0. The van der Waals surface area contributed by atoms with E-state index in [4.69, 9.17) is 4.84 Å². The molecule has 0 aliphatic carbocycles. The molecule has 0 radical (unpaired) electrons. The van der Waals surface area contributed by atoms with E-state index in [2.05, 4.69) is 0 Å². The molecule has 0 fully saturated rings. The van der Waals surface area contributed by atoms with Gasteiger partial charge in [-0.05, 0) is 49.4 Å². The van der Waals surface area contributed by atoms with Crippen LogP contribution >= 0.6 is 0 Å². The van der Waals surface area contributed by atoms with E-state index in [1.165, 1.54) is 67.6 Å². The molecule has 8 heteroatoms. The number of halogens is 1. The highest BCUT2D eigenvalue weighted by molar-refractivity contribution is 7.89. The summed E-state index contributed by atoms with van der Waals surface area (Å²) >= 11 is 0. The van der Waals surface area contributed by atoms with Crippen LogP contribution < -0.4 is 4.90 Å². The van der Waals surface area contributed by atoms with Crippen molar-refractivity contribution in [3.05, 3.63) is 59.9 Å². The number of nitrogens with zero attached hydrogens (tertiary/aromatic N) is 2. The Labute approximate surface area is 146 Å². The summed E-state index contributed by atoms with van der Waals surface area (Å²) in [6, 6.07) is 11.2. The molecule has 0 N–H and O–H groups in total. The maximum atomic E-state index is 13.1. The molecular weight excluding hydrogens is 347 g/mol. The van der Waals surface area contributed by atoms with Gasteiger partial charge in [-0.3, -0.25) is 9.63 Å². The van der Waals surface area contributed by atoms with Crippen LogP contribution in [0, 0.1) is 5.82 Å². The lowest BCUT2D eigenvalue weighted by atomic mass is 10.2. The van der Waals surface area contributed by atoms with Crippen LogP contribution in [0.15, 0.2) is 53.4 Å². The van der Waals surface area contributed by atoms with Crippen molar-refractivity contribution in [1.82, 2.24) is 4.47 Å². The first-order valence-corrected chi connectivity index (χ1v) is 8.95. The minimum atomic E-state index is -3.86. The topological polar surface area (TPSA) is 66.9 Å². The summed E-state index contributed by atoms with van der Waals surface area (Å²) in [4.78, 5) is 18.9. The Morgan fingerprint density at radius 1 is 1.16 bits per heavy atom. The summed E-state index contributed by atoms with van der Waals surface area (Å²) in [7, 11) is -1.36. The summed E-state index contributed by atoms with van der Waals surface area (Å²) in [5, 5.41) is 0. The number of hydrogen-bond acceptors (Lipinski definition) is 4. The zero-order chi connectivity index (χ0) is 18.6. The van der Waals surface area contributed by atoms with Gasteiger partial charge in [-0.2, -0.15) is 0 Å². The first kappa shape index (κ1) is 19.0. The Morgan fingerprint density at radius 2 is 1.80 bits per heavy atom. The van der Waals surface area contributed by atoms with Crippen LogP contribution in [-0.4, -0.2) is 39.5 Å². The molecule has 0 bridgehead atoms. The van der Waals surface area contributed by atoms with E-state index < -0.39 is 15.8 Å². The van der Waals surface area contributed by atoms with E-state index in [-0.39, 0.29) is 16.4 Å². The zero-order valence-electron chi connectivity index (χ0n) is 14.1. The standard InChI is InChI=1S/C17H19FN2O4S/c1-4-20(15-10-8-14(18)9-11-15)17(21)13-6-5-7-16(12-13)25(22,23)19(2)24-3/h5-12H,4H2,1-3H3. The number of sulfonamides is 1. The first-order valence-electron chi connectivity index (χ1n) is 7.51. The summed E-state index contributed by atoms with van der Waals surface area (Å²) in [5.41, 5.74) is 0.730. The molecule has 0 saturated carbocycles. The smallest absolute Gasteiger partial charge is 0.264 e. The number of hydroxylamine groups is 1. The van der Waals surface area contributed by atoms with Crippen LogP contribution in [0.4, 0.5) is 10.1 Å². The summed E-state index contributed by atoms with van der Waals surface area (Å²) < 4.78 is 38.4. The maximum absolute atomic E-state index is 13.1. The Kier molecular flexibility index (Phi) is 5.89. The van der Waals surface area contributed by atoms with Gasteiger partial charge < -0.3 is 4.90 Å². The van der Waals surface area contributed by atoms with Crippen molar-refractivity contribution in [3.63, 3.8) is 0 Å². The Morgan fingerprint density at radius 3 is 2.36 bits per heavy atom. The van der Waals surface area contributed by atoms with Crippen molar-refractivity contribution >= 4 is 21.6 Å². The fourth-order valence-electron chi connectivity index (χ4n) is 2.26. The molecule has 6 nitrogen and oxygen atoms in total. The van der Waals surface area contributed by atoms with Crippen LogP contribution in [0.5, 0.6) is 0 Å². The molecule has 134 valence electrons. The number of hydrogen-bond donors (Lipinski definition) is 0. The van der Waals surface area contributed by atoms with Gasteiger partial charge in [0, 0.05) is 24.8 Å². The van der Waals surface area contributed by atoms with E-state index in [1.807, 2.05) is 0 Å². The monoisotopic (exact) mass is 366 g/mol. The molecule has 1 amide bonds. The highest BCUT2D eigenvalue weighted by Crippen LogP contribution is 2.21. The van der Waals surface area contributed by atoms with Crippen molar-refractivity contribution in [1.29, 1.82) is 0 Å². The Balaban J connectivity index is 2.39. The van der Waals surface area contributed by atoms with Crippen LogP contribution in [-0.2, 0) is 14.9 Å². The predicted molar refractivity (Wildman–Crippen MR) is 92.2 cm³/mol. The van der Waals surface area contributed by atoms with Crippen LogP contribution in [0.2, 0.25) is 0 Å². The molecule has 0 aliphatic heterocycles. The first-order chi connectivity index (χ1) is 11.8. The maximum Gasteiger partial charge on any atom is 0.264 e. The average Bonchev–Trinajstić information content (AvgIpc) is 2.63. The molecule has 2 aromatic carbocycles. The molecule has 0 spiro atoms. The summed E-state index contributed by atoms with van der Waals surface area (Å²) in [6.45, 7) is 2.12. The molecule has 2 aromatic rings. The van der Waals surface area contributed by atoms with Crippen molar-refractivity contribution in [2.24, 2.45) is 0 Å². The van der Waals surface area contributed by atoms with Crippen LogP contribution in [0.25, 0.3) is 0 Å². The number of anilines is 1. The van der Waals surface area contributed by atoms with Gasteiger partial charge in [0.25, 0.3) is 15.9 Å². The van der Waals surface area contributed by atoms with Crippen LogP contribution in [0.1, 0.15) is 17.3 Å². The molecule has 0 atom stereocenters. The minimum absolute atomic E-state index is 0.0575. The van der Waals surface area contributed by atoms with Gasteiger partial charge in [0.1, 0.15) is 5.82 Å². The van der Waals surface area contributed by atoms with Crippen molar-refractivity contribution in [2.45, 2.75) is 11.8 Å². The van der Waals surface area contributed by atoms with Gasteiger partial charge in [-0.25, -0.2) is 12.8 Å². The third-order valence-electron chi connectivity index (χ3n) is 3.67. The fraction of sp³-hybridized carbons (Fsp3) is 0.235. The highest BCUT2D eigenvalue weighted by atomic mass is 32.2. The second kappa shape index (κ2) is 7.73. The van der Waals surface area contributed by atoms with E-state index in [1.54, 1.807) is 6.92 Å². The number of amides is 1. The van der Waals surface area contributed by atoms with Crippen molar-refractivity contribution < 1.29 is 22.4 Å². The quantitative estimate of drug-likeness (QED) is 0.737. The molecule has 0 aliphatic rings. The second-order valence-corrected chi connectivity index (χ2v) is 7.09. The molecular formula is C17H19FN2O4S. The molecule has 2 rings (SSSR count). The highest BCUT2D eigenvalue weighted by Gasteiger charge is 2.23. The largest absolute Gasteiger partial charge is 0.309 e. The average molecular weight is 366 g/mol. The Hall–Kier alpha value is -2.29. The van der Waals surface area contributed by atoms with E-state index in [9.17, 15) is 17.6 Å². The lowest BCUT2D eigenvalue weighted by Gasteiger charge is -2.21. The molecule has 25 heavy (non-hydrogen) atoms. The van der Waals surface area contributed by atoms with Gasteiger partial charge in [-0.15, -0.1) is 0 Å². The van der Waals surface area contributed by atoms with E-state index in [0.29, 0.717) is 16.7 Å². The van der Waals surface area contributed by atoms with Gasteiger partial charge in [0.15, 0.2) is 0 Å². The molecule has 0 saturated heterocycles. The van der Waals surface area contributed by atoms with Gasteiger partial charge in [0.05, 0.1) is 12.0 Å². The van der Waals surface area contributed by atoms with Gasteiger partial charge >= 0.3 is 0 Å². The van der Waals surface area contributed by atoms with Gasteiger partial charge in [0.2, 0.25) is 0 Å². The summed E-state index contributed by atoms with van der Waals surface area (Å²) in [6.07, 6.45) is 0. The van der Waals surface area contributed by atoms with E-state index in [0.717, 1.165) is 0 Å². The number of benzene rings is 2. The lowest BCUT2D eigenvalue weighted by molar-refractivity contribution is -0.0258. The predicted octanol–water partition coefficient (Wildman–Crippen LogP) is 2.67. The number of carbonyl (C=O) groups is 1. The molecule has 0 heterocycles. The molecule has 0 unspecified atom stereocenters. The van der Waals surface area contributed by atoms with Crippen LogP contribution in [0.3, 0.4) is 0 Å². The molecule has 0 aromatic heterocycles.